The van der Waals surface area contributed by atoms with E-state index in [1.165, 1.54) is 0 Å². The molecule has 0 bridgehead atoms. The lowest BCUT2D eigenvalue weighted by Crippen LogP contribution is -2.51. The molecule has 35 heavy (non-hydrogen) atoms. The molecule has 1 aromatic carbocycles. The summed E-state index contributed by atoms with van der Waals surface area (Å²) >= 11 is 0. The van der Waals surface area contributed by atoms with Gasteiger partial charge in [0.25, 0.3) is 5.91 Å². The van der Waals surface area contributed by atoms with Crippen molar-refractivity contribution in [3.8, 4) is 5.75 Å². The summed E-state index contributed by atoms with van der Waals surface area (Å²) in [7, 11) is 1.65. The van der Waals surface area contributed by atoms with Crippen molar-refractivity contribution in [2.45, 2.75) is 20.0 Å². The number of benzene rings is 1. The number of carbonyl (C=O) groups excluding carboxylic acids is 2. The van der Waals surface area contributed by atoms with Crippen molar-refractivity contribution in [1.29, 1.82) is 0 Å². The first-order chi connectivity index (χ1) is 17.0. The Hall–Kier alpha value is -3.43. The second-order valence-electron chi connectivity index (χ2n) is 8.79. The molecule has 1 fully saturated rings. The highest BCUT2D eigenvalue weighted by atomic mass is 16.5. The maximum absolute atomic E-state index is 13.1. The van der Waals surface area contributed by atoms with E-state index in [9.17, 15) is 9.59 Å². The van der Waals surface area contributed by atoms with Gasteiger partial charge in [-0.3, -0.25) is 14.5 Å². The Morgan fingerprint density at radius 1 is 1.09 bits per heavy atom. The molecule has 0 spiro atoms. The number of pyridine rings is 1. The fourth-order valence-corrected chi connectivity index (χ4v) is 4.10. The van der Waals surface area contributed by atoms with Crippen molar-refractivity contribution in [3.63, 3.8) is 0 Å². The molecular weight excluding hydrogens is 446 g/mol. The Bertz CT molecular complexity index is 1150. The smallest absolute Gasteiger partial charge is 0.254 e. The van der Waals surface area contributed by atoms with E-state index >= 15 is 0 Å². The number of amides is 2. The number of methoxy groups -OCH3 is 1. The van der Waals surface area contributed by atoms with Gasteiger partial charge >= 0.3 is 0 Å². The van der Waals surface area contributed by atoms with E-state index in [4.69, 9.17) is 9.47 Å². The summed E-state index contributed by atoms with van der Waals surface area (Å²) in [6.45, 7) is 6.46. The normalized spacial score (nSPS) is 14.3. The Balaban J connectivity index is 1.26. The minimum Gasteiger partial charge on any atom is -0.487 e. The lowest BCUT2D eigenvalue weighted by Gasteiger charge is -2.34. The van der Waals surface area contributed by atoms with Crippen LogP contribution in [-0.2, 0) is 16.1 Å². The monoisotopic (exact) mass is 479 g/mol. The number of hydrogen-bond acceptors (Lipinski definition) is 6. The third-order valence-electron chi connectivity index (χ3n) is 5.99. The molecule has 186 valence electrons. The quantitative estimate of drug-likeness (QED) is 0.448. The van der Waals surface area contributed by atoms with Crippen molar-refractivity contribution in [2.24, 2.45) is 0 Å². The van der Waals surface area contributed by atoms with E-state index < -0.39 is 0 Å². The molecule has 1 saturated heterocycles. The Morgan fingerprint density at radius 2 is 1.91 bits per heavy atom. The minimum atomic E-state index is -0.0256. The summed E-state index contributed by atoms with van der Waals surface area (Å²) in [5, 5.41) is 2.90. The highest BCUT2D eigenvalue weighted by Crippen LogP contribution is 2.18. The van der Waals surface area contributed by atoms with E-state index in [-0.39, 0.29) is 11.8 Å². The predicted molar refractivity (Wildman–Crippen MR) is 133 cm³/mol. The zero-order valence-corrected chi connectivity index (χ0v) is 20.4. The number of carbonyl (C=O) groups is 2. The topological polar surface area (TPSA) is 88.4 Å². The molecule has 1 aliphatic heterocycles. The molecule has 2 amide bonds. The summed E-state index contributed by atoms with van der Waals surface area (Å²) in [4.78, 5) is 33.6. The lowest BCUT2D eigenvalue weighted by molar-refractivity contribution is -0.122. The molecule has 0 radical (unpaired) electrons. The number of hydrogen-bond donors (Lipinski definition) is 1. The maximum Gasteiger partial charge on any atom is 0.254 e. The lowest BCUT2D eigenvalue weighted by atomic mass is 10.1. The molecular formula is C26H33N5O4. The number of rotatable bonds is 10. The van der Waals surface area contributed by atoms with Crippen LogP contribution in [0.25, 0.3) is 5.65 Å². The van der Waals surface area contributed by atoms with E-state index in [0.717, 1.165) is 23.3 Å². The number of piperazine rings is 1. The number of aromatic nitrogens is 2. The second-order valence-corrected chi connectivity index (χ2v) is 8.79. The first kappa shape index (κ1) is 24.7. The Morgan fingerprint density at radius 3 is 2.71 bits per heavy atom. The van der Waals surface area contributed by atoms with Crippen molar-refractivity contribution in [2.75, 3.05) is 53.0 Å². The summed E-state index contributed by atoms with van der Waals surface area (Å²) in [5.41, 5.74) is 3.46. The van der Waals surface area contributed by atoms with Gasteiger partial charge in [0.1, 0.15) is 18.0 Å². The first-order valence-corrected chi connectivity index (χ1v) is 12.0. The Labute approximate surface area is 205 Å². The van der Waals surface area contributed by atoms with Crippen LogP contribution < -0.4 is 10.1 Å². The van der Waals surface area contributed by atoms with Crippen LogP contribution in [0.4, 0.5) is 0 Å². The van der Waals surface area contributed by atoms with Crippen LogP contribution in [0.1, 0.15) is 28.0 Å². The third kappa shape index (κ3) is 6.80. The van der Waals surface area contributed by atoms with E-state index in [1.807, 2.05) is 58.9 Å². The predicted octanol–water partition coefficient (Wildman–Crippen LogP) is 2.13. The molecule has 9 heteroatoms. The number of aryl methyl sites for hydroxylation is 1. The van der Waals surface area contributed by atoms with Gasteiger partial charge in [0.15, 0.2) is 0 Å². The average molecular weight is 480 g/mol. The van der Waals surface area contributed by atoms with Gasteiger partial charge in [-0.25, -0.2) is 4.98 Å². The molecule has 0 aliphatic carbocycles. The zero-order chi connectivity index (χ0) is 24.6. The number of ether oxygens (including phenoxy) is 2. The molecule has 0 unspecified atom stereocenters. The van der Waals surface area contributed by atoms with Gasteiger partial charge in [-0.1, -0.05) is 12.1 Å². The molecule has 0 atom stereocenters. The maximum atomic E-state index is 13.1. The molecule has 1 aliphatic rings. The van der Waals surface area contributed by atoms with Gasteiger partial charge in [-0.15, -0.1) is 0 Å². The van der Waals surface area contributed by atoms with Crippen LogP contribution in [0.15, 0.2) is 48.8 Å². The number of nitrogens with zero attached hydrogens (tertiary/aromatic N) is 4. The van der Waals surface area contributed by atoms with Crippen LogP contribution in [0.2, 0.25) is 0 Å². The van der Waals surface area contributed by atoms with Gasteiger partial charge < -0.3 is 24.1 Å². The molecule has 9 nitrogen and oxygen atoms in total. The van der Waals surface area contributed by atoms with E-state index in [0.29, 0.717) is 63.8 Å². The van der Waals surface area contributed by atoms with Crippen molar-refractivity contribution in [3.05, 3.63) is 65.6 Å². The summed E-state index contributed by atoms with van der Waals surface area (Å²) in [6.07, 6.45) is 4.78. The van der Waals surface area contributed by atoms with Crippen molar-refractivity contribution in [1.82, 2.24) is 24.5 Å². The standard InChI is InChI=1S/C26H33N5O4/c1-20-7-8-24-28-22(17-31(24)16-20)19-35-23-6-3-5-21(15-23)26(33)30-12-10-29(11-13-30)18-25(32)27-9-4-14-34-2/h3,5-8,15-17H,4,9-14,18-19H2,1-2H3,(H,27,32). The molecule has 2 aromatic heterocycles. The van der Waals surface area contributed by atoms with Gasteiger partial charge in [-0.05, 0) is 43.2 Å². The zero-order valence-electron chi connectivity index (χ0n) is 20.4. The van der Waals surface area contributed by atoms with Gasteiger partial charge in [0.05, 0.1) is 12.2 Å². The summed E-state index contributed by atoms with van der Waals surface area (Å²) < 4.78 is 12.9. The number of imidazole rings is 1. The van der Waals surface area contributed by atoms with Crippen LogP contribution in [0, 0.1) is 6.92 Å². The first-order valence-electron chi connectivity index (χ1n) is 12.0. The highest BCUT2D eigenvalue weighted by Gasteiger charge is 2.23. The van der Waals surface area contributed by atoms with E-state index in [2.05, 4.69) is 15.2 Å². The van der Waals surface area contributed by atoms with Crippen LogP contribution in [0.5, 0.6) is 5.75 Å². The Kier molecular flexibility index (Phi) is 8.33. The SMILES string of the molecule is COCCCNC(=O)CN1CCN(C(=O)c2cccc(OCc3cn4cc(C)ccc4n3)c2)CC1. The van der Waals surface area contributed by atoms with Gasteiger partial charge in [0, 0.05) is 64.4 Å². The fourth-order valence-electron chi connectivity index (χ4n) is 4.10. The van der Waals surface area contributed by atoms with E-state index in [1.54, 1.807) is 13.2 Å². The summed E-state index contributed by atoms with van der Waals surface area (Å²) in [6, 6.07) is 11.3. The molecule has 3 aromatic rings. The second kappa shape index (κ2) is 11.8. The summed E-state index contributed by atoms with van der Waals surface area (Å²) in [5.74, 6) is 0.613. The minimum absolute atomic E-state index is 0.00599. The van der Waals surface area contributed by atoms with Crippen LogP contribution in [-0.4, -0.2) is 84.0 Å². The van der Waals surface area contributed by atoms with Gasteiger partial charge in [-0.2, -0.15) is 0 Å². The van der Waals surface area contributed by atoms with Crippen molar-refractivity contribution < 1.29 is 19.1 Å². The van der Waals surface area contributed by atoms with Crippen LogP contribution in [0.3, 0.4) is 0 Å². The van der Waals surface area contributed by atoms with Gasteiger partial charge in [0.2, 0.25) is 5.91 Å². The third-order valence-corrected chi connectivity index (χ3v) is 5.99. The average Bonchev–Trinajstić information content (AvgIpc) is 3.27. The largest absolute Gasteiger partial charge is 0.487 e. The number of nitrogens with one attached hydrogen (secondary N) is 1. The van der Waals surface area contributed by atoms with Crippen molar-refractivity contribution >= 4 is 17.5 Å². The fraction of sp³-hybridized carbons (Fsp3) is 0.423. The molecule has 3 heterocycles. The number of fused-ring (bicyclic) bond motifs is 1. The molecule has 4 rings (SSSR count). The molecule has 1 N–H and O–H groups in total. The molecule has 0 saturated carbocycles. The van der Waals surface area contributed by atoms with Crippen LogP contribution >= 0.6 is 0 Å². The highest BCUT2D eigenvalue weighted by molar-refractivity contribution is 5.94.